The molecule has 256 valence electrons. The number of aliphatic hydroxyl groups is 5. The lowest BCUT2D eigenvalue weighted by Gasteiger charge is -2.37. The highest BCUT2D eigenvalue weighted by Gasteiger charge is 2.40. The molecule has 0 fully saturated rings. The van der Waals surface area contributed by atoms with Crippen molar-refractivity contribution >= 4 is 23.3 Å². The quantitative estimate of drug-likeness (QED) is 0.219. The summed E-state index contributed by atoms with van der Waals surface area (Å²) in [6, 6.07) is 0. The molecular weight excluding hydrogens is 610 g/mol. The van der Waals surface area contributed by atoms with Gasteiger partial charge in [0.1, 0.15) is 11.5 Å². The van der Waals surface area contributed by atoms with Gasteiger partial charge in [-0.25, -0.2) is 0 Å². The minimum Gasteiger partial charge on any atom is -0.507 e. The number of amides is 1. The Labute approximate surface area is 273 Å². The molecule has 3 aliphatic rings. The van der Waals surface area contributed by atoms with Gasteiger partial charge in [-0.15, -0.1) is 0 Å². The van der Waals surface area contributed by atoms with Crippen molar-refractivity contribution in [3.05, 3.63) is 69.5 Å². The average Bonchev–Trinajstić information content (AvgIpc) is 3.04. The molecule has 4 rings (SSSR count). The molecule has 0 radical (unpaired) electrons. The van der Waals surface area contributed by atoms with Crippen LogP contribution < -0.4 is 5.32 Å². The molecule has 0 aromatic heterocycles. The standard InChI is InChI=1S/C35H45NO11/c1-14-9-8-10-15(2)35(47)36-22-12-23(38)24-25(32(44)20(7)33(45)26(24)34(22)46)28(40)16(3)11-21(13-37)31(43)19(6)30(42)18(5)29(41)17(4)27(14)39/h8-12,14,17-19,21,27,29-31,37,39,41-45H,13H2,1-7H3,(H,36,47)/t14-,17+,18+,19-,21+,27-,29+,30-,31+/m0/s1. The van der Waals surface area contributed by atoms with Crippen LogP contribution in [0.4, 0.5) is 0 Å². The van der Waals surface area contributed by atoms with Gasteiger partial charge in [0.15, 0.2) is 11.6 Å². The Morgan fingerprint density at radius 1 is 0.702 bits per heavy atom. The first-order valence-electron chi connectivity index (χ1n) is 15.5. The summed E-state index contributed by atoms with van der Waals surface area (Å²) in [7, 11) is 0. The number of carbonyl (C=O) groups is 4. The summed E-state index contributed by atoms with van der Waals surface area (Å²) >= 11 is 0. The van der Waals surface area contributed by atoms with Gasteiger partial charge in [0, 0.05) is 46.8 Å². The number of ketones is 3. The summed E-state index contributed by atoms with van der Waals surface area (Å²) in [5.41, 5.74) is -2.50. The molecule has 0 unspecified atom stereocenters. The van der Waals surface area contributed by atoms with E-state index in [1.54, 1.807) is 26.8 Å². The molecule has 0 saturated heterocycles. The summed E-state index contributed by atoms with van der Waals surface area (Å²) in [6.07, 6.45) is 1.49. The van der Waals surface area contributed by atoms with Gasteiger partial charge in [0.25, 0.3) is 5.91 Å². The third-order valence-corrected chi connectivity index (χ3v) is 9.51. The number of benzene rings is 1. The summed E-state index contributed by atoms with van der Waals surface area (Å²) in [6.45, 7) is 9.69. The molecule has 2 aliphatic heterocycles. The summed E-state index contributed by atoms with van der Waals surface area (Å²) in [5.74, 6) is -9.29. The number of hydrogen-bond acceptors (Lipinski definition) is 11. The molecule has 2 heterocycles. The second-order valence-electron chi connectivity index (χ2n) is 12.8. The zero-order valence-corrected chi connectivity index (χ0v) is 27.6. The summed E-state index contributed by atoms with van der Waals surface area (Å²) in [5, 5.41) is 78.6. The number of fused-ring (bicyclic) bond motifs is 15. The van der Waals surface area contributed by atoms with E-state index >= 15 is 0 Å². The van der Waals surface area contributed by atoms with E-state index in [1.807, 2.05) is 0 Å². The molecular formula is C35H45NO11. The van der Waals surface area contributed by atoms with Crippen LogP contribution in [-0.2, 0) is 4.79 Å². The van der Waals surface area contributed by atoms with Gasteiger partial charge in [-0.1, -0.05) is 52.0 Å². The number of phenols is 2. The number of allylic oxidation sites excluding steroid dienone is 5. The van der Waals surface area contributed by atoms with E-state index in [1.165, 1.54) is 45.9 Å². The molecule has 0 spiro atoms. The Hall–Kier alpha value is -3.94. The molecule has 1 aromatic rings. The van der Waals surface area contributed by atoms with E-state index in [0.717, 1.165) is 6.08 Å². The van der Waals surface area contributed by atoms with Crippen LogP contribution in [-0.4, -0.2) is 90.0 Å². The second kappa shape index (κ2) is 14.9. The lowest BCUT2D eigenvalue weighted by atomic mass is 9.76. The fourth-order valence-electron chi connectivity index (χ4n) is 6.11. The Balaban J connectivity index is 2.23. The Bertz CT molecular complexity index is 1570. The van der Waals surface area contributed by atoms with Crippen molar-refractivity contribution in [1.82, 2.24) is 5.32 Å². The van der Waals surface area contributed by atoms with Gasteiger partial charge >= 0.3 is 0 Å². The molecule has 0 saturated carbocycles. The van der Waals surface area contributed by atoms with Crippen LogP contribution in [0.25, 0.3) is 0 Å². The monoisotopic (exact) mass is 655 g/mol. The van der Waals surface area contributed by atoms with E-state index in [4.69, 9.17) is 0 Å². The number of aliphatic hydroxyl groups excluding tert-OH is 5. The van der Waals surface area contributed by atoms with E-state index in [-0.39, 0.29) is 16.7 Å². The predicted molar refractivity (Wildman–Crippen MR) is 172 cm³/mol. The molecule has 12 nitrogen and oxygen atoms in total. The maximum Gasteiger partial charge on any atom is 0.251 e. The number of rotatable bonds is 1. The lowest BCUT2D eigenvalue weighted by molar-refractivity contribution is -0.116. The average molecular weight is 656 g/mol. The maximum absolute atomic E-state index is 13.8. The first kappa shape index (κ1) is 37.5. The van der Waals surface area contributed by atoms with Crippen LogP contribution in [0.15, 0.2) is 47.2 Å². The van der Waals surface area contributed by atoms with Crippen molar-refractivity contribution in [1.29, 1.82) is 0 Å². The van der Waals surface area contributed by atoms with Crippen molar-refractivity contribution in [2.75, 3.05) is 6.61 Å². The highest BCUT2D eigenvalue weighted by Crippen LogP contribution is 2.41. The molecule has 47 heavy (non-hydrogen) atoms. The van der Waals surface area contributed by atoms with Crippen molar-refractivity contribution in [3.63, 3.8) is 0 Å². The molecule has 9 atom stereocenters. The minimum atomic E-state index is -1.44. The van der Waals surface area contributed by atoms with Crippen LogP contribution in [0.3, 0.4) is 0 Å². The van der Waals surface area contributed by atoms with Crippen LogP contribution in [0, 0.1) is 36.5 Å². The molecule has 1 aliphatic carbocycles. The van der Waals surface area contributed by atoms with Gasteiger partial charge in [0.2, 0.25) is 5.78 Å². The SMILES string of the molecule is CC1=CC=C[C@H](C)[C@H](O)[C@@H](C)[C@@H](O)[C@@H](C)[C@H](O)[C@H](C)[C@@H](O)[C@@H](CO)C=C(C)C(=O)c2c(O)c(C)c(O)c3c2C(=O)C=C(NC1=O)C3=O. The highest BCUT2D eigenvalue weighted by molar-refractivity contribution is 6.31. The highest BCUT2D eigenvalue weighted by atomic mass is 16.3. The first-order valence-corrected chi connectivity index (χ1v) is 15.5. The zero-order valence-electron chi connectivity index (χ0n) is 27.6. The Morgan fingerprint density at radius 3 is 1.77 bits per heavy atom. The summed E-state index contributed by atoms with van der Waals surface area (Å²) in [4.78, 5) is 53.6. The van der Waals surface area contributed by atoms with Crippen LogP contribution in [0.2, 0.25) is 0 Å². The fraction of sp³-hybridized carbons (Fsp3) is 0.486. The molecule has 4 bridgehead atoms. The normalized spacial score (nSPS) is 31.7. The van der Waals surface area contributed by atoms with Crippen LogP contribution in [0.1, 0.15) is 78.2 Å². The number of phenolic OH excluding ortho intramolecular Hbond substituents is 2. The van der Waals surface area contributed by atoms with Crippen LogP contribution >= 0.6 is 0 Å². The number of aromatic hydroxyl groups is 2. The topological polar surface area (TPSA) is 222 Å². The zero-order chi connectivity index (χ0) is 35.7. The smallest absolute Gasteiger partial charge is 0.251 e. The van der Waals surface area contributed by atoms with Gasteiger partial charge < -0.3 is 41.1 Å². The lowest BCUT2D eigenvalue weighted by Crippen LogP contribution is -2.46. The first-order chi connectivity index (χ1) is 21.9. The number of nitrogens with one attached hydrogen (secondary N) is 1. The third kappa shape index (κ3) is 7.31. The van der Waals surface area contributed by atoms with E-state index in [2.05, 4.69) is 5.32 Å². The Morgan fingerprint density at radius 2 is 1.21 bits per heavy atom. The van der Waals surface area contributed by atoms with E-state index in [9.17, 15) is 54.9 Å². The fourth-order valence-corrected chi connectivity index (χ4v) is 6.11. The maximum atomic E-state index is 13.8. The number of Topliss-reactive ketones (excluding diaryl/α,β-unsaturated/α-hetero) is 2. The van der Waals surface area contributed by atoms with Crippen LogP contribution in [0.5, 0.6) is 11.5 Å². The van der Waals surface area contributed by atoms with Crippen molar-refractivity contribution in [2.45, 2.75) is 72.9 Å². The van der Waals surface area contributed by atoms with Crippen molar-refractivity contribution < 1.29 is 54.9 Å². The van der Waals surface area contributed by atoms with Crippen molar-refractivity contribution in [2.24, 2.45) is 29.6 Å². The van der Waals surface area contributed by atoms with Gasteiger partial charge in [-0.05, 0) is 26.3 Å². The minimum absolute atomic E-state index is 0.117. The van der Waals surface area contributed by atoms with E-state index < -0.39 is 118 Å². The van der Waals surface area contributed by atoms with E-state index in [0.29, 0.717) is 0 Å². The molecule has 8 N–H and O–H groups in total. The third-order valence-electron chi connectivity index (χ3n) is 9.51. The van der Waals surface area contributed by atoms with Crippen molar-refractivity contribution in [3.8, 4) is 11.5 Å². The number of hydrogen-bond donors (Lipinski definition) is 8. The largest absolute Gasteiger partial charge is 0.507 e. The molecule has 12 heteroatoms. The number of carbonyl (C=O) groups excluding carboxylic acids is 4. The van der Waals surface area contributed by atoms with Gasteiger partial charge in [-0.2, -0.15) is 0 Å². The second-order valence-corrected chi connectivity index (χ2v) is 12.8. The van der Waals surface area contributed by atoms with Gasteiger partial charge in [0.05, 0.1) is 53.4 Å². The summed E-state index contributed by atoms with van der Waals surface area (Å²) < 4.78 is 0. The van der Waals surface area contributed by atoms with Gasteiger partial charge in [-0.3, -0.25) is 19.2 Å². The molecule has 1 aromatic carbocycles. The predicted octanol–water partition coefficient (Wildman–Crippen LogP) is 2.03. The Kier molecular flexibility index (Phi) is 11.9. The molecule has 1 amide bonds.